The highest BCUT2D eigenvalue weighted by atomic mass is 16.4. The number of benzene rings is 1. The first-order chi connectivity index (χ1) is 13.0. The molecule has 2 aromatic rings. The lowest BCUT2D eigenvalue weighted by Crippen LogP contribution is -2.40. The van der Waals surface area contributed by atoms with Crippen molar-refractivity contribution in [3.05, 3.63) is 39.9 Å². The zero-order valence-electron chi connectivity index (χ0n) is 15.2. The molecule has 0 radical (unpaired) electrons. The van der Waals surface area contributed by atoms with Crippen molar-refractivity contribution >= 4 is 22.8 Å². The van der Waals surface area contributed by atoms with Crippen LogP contribution in [0.5, 0.6) is 0 Å². The van der Waals surface area contributed by atoms with Crippen LogP contribution in [-0.2, 0) is 17.8 Å². The van der Waals surface area contributed by atoms with Gasteiger partial charge < -0.3 is 10.0 Å². The highest BCUT2D eigenvalue weighted by Gasteiger charge is 2.27. The van der Waals surface area contributed by atoms with Gasteiger partial charge in [-0.1, -0.05) is 6.42 Å². The number of carbonyl (C=O) groups excluding carboxylic acids is 1. The summed E-state index contributed by atoms with van der Waals surface area (Å²) in [6.07, 6.45) is 4.84. The minimum atomic E-state index is -0.793. The zero-order valence-corrected chi connectivity index (χ0v) is 15.2. The molecule has 142 valence electrons. The average molecular weight is 369 g/mol. The first-order valence-electron chi connectivity index (χ1n) is 9.60. The lowest BCUT2D eigenvalue weighted by atomic mass is 9.96. The summed E-state index contributed by atoms with van der Waals surface area (Å²) in [6, 6.07) is 5.08. The minimum Gasteiger partial charge on any atom is -0.481 e. The molecule has 0 spiro atoms. The van der Waals surface area contributed by atoms with Crippen LogP contribution in [0.3, 0.4) is 0 Å². The predicted molar refractivity (Wildman–Crippen MR) is 99.8 cm³/mol. The van der Waals surface area contributed by atoms with Crippen LogP contribution in [0.1, 0.15) is 48.3 Å². The fraction of sp³-hybridized carbons (Fsp3) is 0.500. The van der Waals surface area contributed by atoms with Crippen molar-refractivity contribution in [1.82, 2.24) is 14.5 Å². The van der Waals surface area contributed by atoms with Gasteiger partial charge in [0.2, 0.25) is 0 Å². The molecule has 0 bridgehead atoms. The summed E-state index contributed by atoms with van der Waals surface area (Å²) in [5.74, 6) is -0.490. The Labute approximate surface area is 156 Å². The Morgan fingerprint density at radius 2 is 1.85 bits per heavy atom. The van der Waals surface area contributed by atoms with Gasteiger partial charge in [-0.15, -0.1) is 0 Å². The molecule has 7 nitrogen and oxygen atoms in total. The number of hydrogen-bond donors (Lipinski definition) is 1. The Kier molecular flexibility index (Phi) is 4.68. The van der Waals surface area contributed by atoms with Crippen molar-refractivity contribution in [2.24, 2.45) is 5.92 Å². The number of nitrogens with zero attached hydrogens (tertiary/aromatic N) is 3. The number of carbonyl (C=O) groups is 2. The first kappa shape index (κ1) is 17.7. The molecule has 7 heteroatoms. The molecule has 2 aliphatic heterocycles. The van der Waals surface area contributed by atoms with E-state index < -0.39 is 5.97 Å². The summed E-state index contributed by atoms with van der Waals surface area (Å²) in [7, 11) is 0. The molecule has 1 amide bonds. The van der Waals surface area contributed by atoms with Crippen LogP contribution >= 0.6 is 0 Å². The summed E-state index contributed by atoms with van der Waals surface area (Å²) in [5, 5.41) is 9.64. The van der Waals surface area contributed by atoms with E-state index in [9.17, 15) is 14.4 Å². The number of hydrogen-bond acceptors (Lipinski definition) is 4. The number of fused-ring (bicyclic) bond motifs is 2. The number of carboxylic acid groups (broad SMARTS) is 1. The summed E-state index contributed by atoms with van der Waals surface area (Å²) < 4.78 is 1.77. The van der Waals surface area contributed by atoms with E-state index in [1.807, 2.05) is 0 Å². The zero-order chi connectivity index (χ0) is 19.0. The Balaban J connectivity index is 1.63. The second-order valence-corrected chi connectivity index (χ2v) is 7.43. The molecule has 4 rings (SSSR count). The van der Waals surface area contributed by atoms with E-state index in [4.69, 9.17) is 5.11 Å². The molecule has 0 saturated carbocycles. The van der Waals surface area contributed by atoms with Crippen LogP contribution < -0.4 is 5.56 Å². The molecule has 0 aliphatic carbocycles. The minimum absolute atomic E-state index is 0.0295. The summed E-state index contributed by atoms with van der Waals surface area (Å²) in [4.78, 5) is 43.0. The molecule has 1 aromatic heterocycles. The number of piperidine rings is 1. The lowest BCUT2D eigenvalue weighted by Gasteiger charge is -2.30. The molecule has 0 unspecified atom stereocenters. The van der Waals surface area contributed by atoms with Crippen molar-refractivity contribution < 1.29 is 14.7 Å². The van der Waals surface area contributed by atoms with Gasteiger partial charge in [0, 0.05) is 31.6 Å². The lowest BCUT2D eigenvalue weighted by molar-refractivity contribution is -0.143. The Bertz CT molecular complexity index is 958. The third-order valence-corrected chi connectivity index (χ3v) is 5.69. The second-order valence-electron chi connectivity index (χ2n) is 7.43. The monoisotopic (exact) mass is 369 g/mol. The molecule has 1 aromatic carbocycles. The average Bonchev–Trinajstić information content (AvgIpc) is 2.93. The van der Waals surface area contributed by atoms with Crippen LogP contribution in [0.4, 0.5) is 0 Å². The summed E-state index contributed by atoms with van der Waals surface area (Å²) in [6.45, 7) is 1.58. The smallest absolute Gasteiger partial charge is 0.306 e. The molecule has 1 fully saturated rings. The van der Waals surface area contributed by atoms with E-state index in [1.54, 1.807) is 27.7 Å². The van der Waals surface area contributed by atoms with Crippen LogP contribution in [0, 0.1) is 5.92 Å². The number of carboxylic acids is 1. The Morgan fingerprint density at radius 3 is 2.59 bits per heavy atom. The number of aryl methyl sites for hydroxylation is 1. The van der Waals surface area contributed by atoms with Gasteiger partial charge in [0.25, 0.3) is 11.5 Å². The summed E-state index contributed by atoms with van der Waals surface area (Å²) in [5.41, 5.74) is 1.04. The maximum atomic E-state index is 12.8. The van der Waals surface area contributed by atoms with E-state index in [0.29, 0.717) is 48.9 Å². The normalized spacial score (nSPS) is 18.1. The van der Waals surface area contributed by atoms with Crippen molar-refractivity contribution in [3.63, 3.8) is 0 Å². The van der Waals surface area contributed by atoms with E-state index in [0.717, 1.165) is 31.5 Å². The van der Waals surface area contributed by atoms with Gasteiger partial charge in [-0.3, -0.25) is 19.0 Å². The number of rotatable bonds is 2. The van der Waals surface area contributed by atoms with E-state index >= 15 is 0 Å². The summed E-state index contributed by atoms with van der Waals surface area (Å²) >= 11 is 0. The molecule has 0 atom stereocenters. The number of amides is 1. The molecule has 2 aliphatic rings. The maximum Gasteiger partial charge on any atom is 0.306 e. The van der Waals surface area contributed by atoms with Gasteiger partial charge in [0.15, 0.2) is 0 Å². The molecule has 1 N–H and O–H groups in total. The van der Waals surface area contributed by atoms with E-state index in [2.05, 4.69) is 4.98 Å². The standard InChI is InChI=1S/C20H23N3O4/c24-18(22-10-7-13(8-11-22)20(26)27)14-5-6-15-16(12-14)21-17-4-2-1-3-9-23(17)19(15)25/h5-6,12-13H,1-4,7-11H2,(H,26,27). The van der Waals surface area contributed by atoms with Crippen molar-refractivity contribution in [1.29, 1.82) is 0 Å². The number of likely N-dealkylation sites (tertiary alicyclic amines) is 1. The molecule has 27 heavy (non-hydrogen) atoms. The number of aromatic nitrogens is 2. The van der Waals surface area contributed by atoms with E-state index in [-0.39, 0.29) is 17.4 Å². The van der Waals surface area contributed by atoms with Crippen LogP contribution in [0.15, 0.2) is 23.0 Å². The van der Waals surface area contributed by atoms with Gasteiger partial charge in [-0.05, 0) is 43.9 Å². The largest absolute Gasteiger partial charge is 0.481 e. The second kappa shape index (κ2) is 7.13. The Morgan fingerprint density at radius 1 is 1.07 bits per heavy atom. The fourth-order valence-electron chi connectivity index (χ4n) is 4.06. The molecular formula is C20H23N3O4. The topological polar surface area (TPSA) is 92.5 Å². The third-order valence-electron chi connectivity index (χ3n) is 5.69. The van der Waals surface area contributed by atoms with Gasteiger partial charge in [-0.2, -0.15) is 0 Å². The fourth-order valence-corrected chi connectivity index (χ4v) is 4.06. The highest BCUT2D eigenvalue weighted by Crippen LogP contribution is 2.21. The van der Waals surface area contributed by atoms with Crippen molar-refractivity contribution in [2.75, 3.05) is 13.1 Å². The van der Waals surface area contributed by atoms with Gasteiger partial charge in [0.1, 0.15) is 5.82 Å². The molecule has 3 heterocycles. The van der Waals surface area contributed by atoms with Gasteiger partial charge >= 0.3 is 5.97 Å². The maximum absolute atomic E-state index is 12.8. The third kappa shape index (κ3) is 3.34. The number of aliphatic carboxylic acids is 1. The van der Waals surface area contributed by atoms with Crippen LogP contribution in [-0.4, -0.2) is 44.5 Å². The quantitative estimate of drug-likeness (QED) is 0.875. The van der Waals surface area contributed by atoms with E-state index in [1.165, 1.54) is 0 Å². The van der Waals surface area contributed by atoms with Crippen molar-refractivity contribution in [3.8, 4) is 0 Å². The van der Waals surface area contributed by atoms with Crippen LogP contribution in [0.2, 0.25) is 0 Å². The highest BCUT2D eigenvalue weighted by molar-refractivity contribution is 5.97. The SMILES string of the molecule is O=C(O)C1CCN(C(=O)c2ccc3c(=O)n4c(nc3c2)CCCCC4)CC1. The van der Waals surface area contributed by atoms with Crippen molar-refractivity contribution in [2.45, 2.75) is 45.1 Å². The predicted octanol–water partition coefficient (Wildman–Crippen LogP) is 2.06. The molecular weight excluding hydrogens is 346 g/mol. The molecule has 1 saturated heterocycles. The van der Waals surface area contributed by atoms with Gasteiger partial charge in [-0.25, -0.2) is 4.98 Å². The van der Waals surface area contributed by atoms with Crippen LogP contribution in [0.25, 0.3) is 10.9 Å². The Hall–Kier alpha value is -2.70. The first-order valence-corrected chi connectivity index (χ1v) is 9.60. The van der Waals surface area contributed by atoms with Gasteiger partial charge in [0.05, 0.1) is 16.8 Å².